The predicted octanol–water partition coefficient (Wildman–Crippen LogP) is -0.170. The van der Waals surface area contributed by atoms with Crippen molar-refractivity contribution in [2.24, 2.45) is 28.5 Å². The lowest BCUT2D eigenvalue weighted by Crippen LogP contribution is -2.37. The molecule has 3 heterocycles. The van der Waals surface area contributed by atoms with E-state index in [9.17, 15) is 4.79 Å². The highest BCUT2D eigenvalue weighted by atomic mass is 16.2. The standard InChI is InChI=1S/C15H21N5O/c16-4-1-5-19-15(21)13-8-10(9-20-13)11-2-6-17-14-12(11)3-7-18-14/h2-3,6-8,10-12,20H,1,4-5,9,16H2,(H,17,18)(H,19,21). The van der Waals surface area contributed by atoms with Crippen LogP contribution in [-0.4, -0.2) is 31.4 Å². The Hall–Kier alpha value is -2.08. The summed E-state index contributed by atoms with van der Waals surface area (Å²) in [6.07, 6.45) is 10.9. The number of nitrogens with one attached hydrogen (secondary N) is 3. The number of rotatable bonds is 5. The molecular formula is C15H21N5O. The minimum atomic E-state index is -0.0419. The Morgan fingerprint density at radius 3 is 3.24 bits per heavy atom. The van der Waals surface area contributed by atoms with Crippen LogP contribution in [0.15, 0.2) is 41.3 Å². The van der Waals surface area contributed by atoms with Crippen molar-refractivity contribution >= 4 is 11.7 Å². The van der Waals surface area contributed by atoms with E-state index in [1.807, 2.05) is 18.5 Å². The number of carbonyl (C=O) groups excluding carboxylic acids is 1. The van der Waals surface area contributed by atoms with Gasteiger partial charge in [-0.1, -0.05) is 18.2 Å². The van der Waals surface area contributed by atoms with Gasteiger partial charge < -0.3 is 21.7 Å². The highest BCUT2D eigenvalue weighted by molar-refractivity contribution is 5.93. The summed E-state index contributed by atoms with van der Waals surface area (Å²) in [7, 11) is 0. The Labute approximate surface area is 124 Å². The Bertz CT molecular complexity index is 534. The maximum atomic E-state index is 12.0. The fourth-order valence-electron chi connectivity index (χ4n) is 2.97. The first-order valence-corrected chi connectivity index (χ1v) is 7.41. The van der Waals surface area contributed by atoms with Crippen LogP contribution in [0.25, 0.3) is 0 Å². The number of amidine groups is 1. The van der Waals surface area contributed by atoms with Crippen LogP contribution in [0, 0.1) is 17.8 Å². The topological polar surface area (TPSA) is 91.5 Å². The molecule has 3 aliphatic rings. The number of fused-ring (bicyclic) bond motifs is 1. The van der Waals surface area contributed by atoms with E-state index in [0.717, 1.165) is 18.8 Å². The lowest BCUT2D eigenvalue weighted by atomic mass is 9.80. The Balaban J connectivity index is 1.64. The zero-order chi connectivity index (χ0) is 14.7. The van der Waals surface area contributed by atoms with E-state index in [4.69, 9.17) is 5.73 Å². The molecule has 3 atom stereocenters. The summed E-state index contributed by atoms with van der Waals surface area (Å²) in [5.74, 6) is 1.89. The molecule has 6 heteroatoms. The lowest BCUT2D eigenvalue weighted by molar-refractivity contribution is -0.117. The number of aliphatic imine (C=N–C) groups is 1. The van der Waals surface area contributed by atoms with Gasteiger partial charge in [-0.05, 0) is 25.1 Å². The van der Waals surface area contributed by atoms with Crippen molar-refractivity contribution in [3.05, 3.63) is 36.3 Å². The molecule has 3 aliphatic heterocycles. The SMILES string of the molecule is NCCCNC(=O)C1=CC(C2C=CNC3=NC=CC32)CN1. The second-order valence-electron chi connectivity index (χ2n) is 5.49. The number of allylic oxidation sites excluding steroid dienone is 1. The van der Waals surface area contributed by atoms with Crippen molar-refractivity contribution in [2.75, 3.05) is 19.6 Å². The second-order valence-corrected chi connectivity index (χ2v) is 5.49. The van der Waals surface area contributed by atoms with Gasteiger partial charge in [0, 0.05) is 31.1 Å². The molecule has 1 amide bonds. The van der Waals surface area contributed by atoms with Gasteiger partial charge in [-0.3, -0.25) is 4.79 Å². The van der Waals surface area contributed by atoms with Gasteiger partial charge in [0.2, 0.25) is 0 Å². The van der Waals surface area contributed by atoms with E-state index in [1.165, 1.54) is 0 Å². The normalized spacial score (nSPS) is 29.3. The van der Waals surface area contributed by atoms with Crippen LogP contribution < -0.4 is 21.7 Å². The first kappa shape index (κ1) is 13.9. The average molecular weight is 287 g/mol. The van der Waals surface area contributed by atoms with Crippen molar-refractivity contribution in [3.8, 4) is 0 Å². The van der Waals surface area contributed by atoms with Gasteiger partial charge in [-0.25, -0.2) is 4.99 Å². The minimum Gasteiger partial charge on any atom is -0.380 e. The number of amides is 1. The van der Waals surface area contributed by atoms with E-state index in [1.54, 1.807) is 0 Å². The van der Waals surface area contributed by atoms with Gasteiger partial charge in [0.25, 0.3) is 5.91 Å². The molecule has 0 bridgehead atoms. The lowest BCUT2D eigenvalue weighted by Gasteiger charge is -2.28. The Kier molecular flexibility index (Phi) is 4.06. The molecule has 0 fully saturated rings. The van der Waals surface area contributed by atoms with Crippen molar-refractivity contribution in [2.45, 2.75) is 6.42 Å². The van der Waals surface area contributed by atoms with E-state index in [-0.39, 0.29) is 11.8 Å². The van der Waals surface area contributed by atoms with Crippen molar-refractivity contribution in [1.29, 1.82) is 0 Å². The van der Waals surface area contributed by atoms with Crippen LogP contribution in [0.5, 0.6) is 0 Å². The Morgan fingerprint density at radius 1 is 1.48 bits per heavy atom. The molecule has 3 rings (SSSR count). The summed E-state index contributed by atoms with van der Waals surface area (Å²) in [5.41, 5.74) is 6.10. The molecule has 0 spiro atoms. The zero-order valence-electron chi connectivity index (χ0n) is 11.9. The van der Waals surface area contributed by atoms with Crippen LogP contribution in [0.1, 0.15) is 6.42 Å². The number of nitrogens with zero attached hydrogens (tertiary/aromatic N) is 1. The number of nitrogens with two attached hydrogens (primary N) is 1. The first-order chi connectivity index (χ1) is 10.3. The molecule has 6 nitrogen and oxygen atoms in total. The molecule has 0 aromatic carbocycles. The van der Waals surface area contributed by atoms with Crippen molar-refractivity contribution < 1.29 is 4.79 Å². The molecule has 0 saturated carbocycles. The molecule has 112 valence electrons. The highest BCUT2D eigenvalue weighted by Crippen LogP contribution is 2.32. The van der Waals surface area contributed by atoms with Crippen LogP contribution in [-0.2, 0) is 4.79 Å². The zero-order valence-corrected chi connectivity index (χ0v) is 11.9. The molecule has 0 aromatic heterocycles. The van der Waals surface area contributed by atoms with Crippen LogP contribution >= 0.6 is 0 Å². The summed E-state index contributed by atoms with van der Waals surface area (Å²) in [4.78, 5) is 16.4. The van der Waals surface area contributed by atoms with Crippen molar-refractivity contribution in [1.82, 2.24) is 16.0 Å². The third kappa shape index (κ3) is 2.85. The molecule has 0 saturated heterocycles. The molecular weight excluding hydrogens is 266 g/mol. The summed E-state index contributed by atoms with van der Waals surface area (Å²) in [5, 5.41) is 9.27. The Morgan fingerprint density at radius 2 is 2.38 bits per heavy atom. The number of hydrogen-bond donors (Lipinski definition) is 4. The largest absolute Gasteiger partial charge is 0.380 e. The van der Waals surface area contributed by atoms with Gasteiger partial charge >= 0.3 is 0 Å². The van der Waals surface area contributed by atoms with Crippen LogP contribution in [0.2, 0.25) is 0 Å². The average Bonchev–Trinajstić information content (AvgIpc) is 3.16. The fourth-order valence-corrected chi connectivity index (χ4v) is 2.97. The highest BCUT2D eigenvalue weighted by Gasteiger charge is 2.35. The third-order valence-electron chi connectivity index (χ3n) is 4.10. The second kappa shape index (κ2) is 6.13. The molecule has 5 N–H and O–H groups in total. The third-order valence-corrected chi connectivity index (χ3v) is 4.10. The number of carbonyl (C=O) groups is 1. The predicted molar refractivity (Wildman–Crippen MR) is 82.1 cm³/mol. The summed E-state index contributed by atoms with van der Waals surface area (Å²) in [6, 6.07) is 0. The quantitative estimate of drug-likeness (QED) is 0.528. The minimum absolute atomic E-state index is 0.0419. The van der Waals surface area contributed by atoms with Crippen LogP contribution in [0.3, 0.4) is 0 Å². The van der Waals surface area contributed by atoms with Crippen molar-refractivity contribution in [3.63, 3.8) is 0 Å². The summed E-state index contributed by atoms with van der Waals surface area (Å²) >= 11 is 0. The fraction of sp³-hybridized carbons (Fsp3) is 0.467. The number of hydrogen-bond acceptors (Lipinski definition) is 5. The molecule has 0 radical (unpaired) electrons. The molecule has 21 heavy (non-hydrogen) atoms. The van der Waals surface area contributed by atoms with E-state index < -0.39 is 0 Å². The molecule has 0 aliphatic carbocycles. The molecule has 3 unspecified atom stereocenters. The smallest absolute Gasteiger partial charge is 0.267 e. The van der Waals surface area contributed by atoms with Crippen LogP contribution in [0.4, 0.5) is 0 Å². The van der Waals surface area contributed by atoms with E-state index >= 15 is 0 Å². The van der Waals surface area contributed by atoms with Gasteiger partial charge in [0.05, 0.1) is 5.70 Å². The summed E-state index contributed by atoms with van der Waals surface area (Å²) in [6.45, 7) is 1.99. The van der Waals surface area contributed by atoms with E-state index in [0.29, 0.717) is 30.6 Å². The van der Waals surface area contributed by atoms with Gasteiger partial charge in [0.15, 0.2) is 0 Å². The summed E-state index contributed by atoms with van der Waals surface area (Å²) < 4.78 is 0. The van der Waals surface area contributed by atoms with Gasteiger partial charge in [0.1, 0.15) is 5.84 Å². The van der Waals surface area contributed by atoms with Gasteiger partial charge in [-0.2, -0.15) is 0 Å². The monoisotopic (exact) mass is 287 g/mol. The first-order valence-electron chi connectivity index (χ1n) is 7.41. The van der Waals surface area contributed by atoms with E-state index in [2.05, 4.69) is 33.1 Å². The van der Waals surface area contributed by atoms with Gasteiger partial charge in [-0.15, -0.1) is 0 Å². The maximum absolute atomic E-state index is 12.0. The maximum Gasteiger partial charge on any atom is 0.267 e. The molecule has 0 aromatic rings.